The molecule has 0 N–H and O–H groups in total. The molecular formula is C8H15O2. The van der Waals surface area contributed by atoms with Gasteiger partial charge in [-0.2, -0.15) is 0 Å². The summed E-state index contributed by atoms with van der Waals surface area (Å²) in [5.41, 5.74) is 0. The highest BCUT2D eigenvalue weighted by molar-refractivity contribution is 5.75. The second kappa shape index (κ2) is 5.42. The van der Waals surface area contributed by atoms with Gasteiger partial charge >= 0.3 is 0 Å². The summed E-state index contributed by atoms with van der Waals surface area (Å²) in [5, 5.41) is 0. The van der Waals surface area contributed by atoms with Crippen LogP contribution in [0.3, 0.4) is 0 Å². The Morgan fingerprint density at radius 2 is 2.30 bits per heavy atom. The van der Waals surface area contributed by atoms with Crippen molar-refractivity contribution in [3.8, 4) is 0 Å². The van der Waals surface area contributed by atoms with Crippen molar-refractivity contribution in [3.63, 3.8) is 0 Å². The summed E-state index contributed by atoms with van der Waals surface area (Å²) in [4.78, 5) is 10.6. The van der Waals surface area contributed by atoms with Crippen molar-refractivity contribution >= 4 is 5.78 Å². The van der Waals surface area contributed by atoms with Gasteiger partial charge in [0, 0.05) is 13.5 Å². The zero-order valence-corrected chi connectivity index (χ0v) is 6.72. The molecule has 0 bridgehead atoms. The van der Waals surface area contributed by atoms with E-state index < -0.39 is 0 Å². The van der Waals surface area contributed by atoms with Crippen molar-refractivity contribution < 1.29 is 9.53 Å². The molecule has 0 aliphatic heterocycles. The third-order valence-corrected chi connectivity index (χ3v) is 1.37. The van der Waals surface area contributed by atoms with Crippen molar-refractivity contribution in [2.75, 3.05) is 7.11 Å². The molecule has 1 radical (unpaired) electrons. The summed E-state index contributed by atoms with van der Waals surface area (Å²) < 4.78 is 5.04. The summed E-state index contributed by atoms with van der Waals surface area (Å²) >= 11 is 0. The molecule has 0 saturated heterocycles. The summed E-state index contributed by atoms with van der Waals surface area (Å²) in [6.07, 6.45) is 2.29. The largest absolute Gasteiger partial charge is 0.381 e. The predicted octanol–water partition coefficient (Wildman–Crippen LogP) is 1.59. The highest BCUT2D eigenvalue weighted by atomic mass is 16.5. The average molecular weight is 143 g/mol. The Morgan fingerprint density at radius 3 is 2.60 bits per heavy atom. The van der Waals surface area contributed by atoms with Gasteiger partial charge in [0.1, 0.15) is 5.78 Å². The van der Waals surface area contributed by atoms with Crippen molar-refractivity contribution in [3.05, 3.63) is 6.92 Å². The zero-order chi connectivity index (χ0) is 7.98. The first-order valence-electron chi connectivity index (χ1n) is 3.52. The molecule has 0 fully saturated rings. The maximum atomic E-state index is 10.6. The lowest BCUT2D eigenvalue weighted by Gasteiger charge is -2.11. The zero-order valence-electron chi connectivity index (χ0n) is 6.72. The van der Waals surface area contributed by atoms with Gasteiger partial charge in [-0.15, -0.1) is 0 Å². The standard InChI is InChI=1S/C8H15O2/c1-4-5-8(10-3)6-7(2)9/h8H,1,4-6H2,2-3H3. The second-order valence-corrected chi connectivity index (χ2v) is 2.41. The molecule has 0 spiro atoms. The van der Waals surface area contributed by atoms with E-state index in [1.54, 1.807) is 14.0 Å². The van der Waals surface area contributed by atoms with Crippen LogP contribution >= 0.6 is 0 Å². The van der Waals surface area contributed by atoms with Gasteiger partial charge in [0.25, 0.3) is 0 Å². The molecule has 0 saturated carbocycles. The molecule has 0 amide bonds. The van der Waals surface area contributed by atoms with E-state index >= 15 is 0 Å². The first kappa shape index (κ1) is 9.63. The van der Waals surface area contributed by atoms with Crippen LogP contribution in [0.25, 0.3) is 0 Å². The molecule has 2 nitrogen and oxygen atoms in total. The maximum Gasteiger partial charge on any atom is 0.132 e. The lowest BCUT2D eigenvalue weighted by Crippen LogP contribution is -2.13. The number of methoxy groups -OCH3 is 1. The van der Waals surface area contributed by atoms with Crippen LogP contribution in [0.5, 0.6) is 0 Å². The Kier molecular flexibility index (Phi) is 5.22. The Balaban J connectivity index is 3.49. The van der Waals surface area contributed by atoms with Crippen molar-refractivity contribution in [2.45, 2.75) is 32.3 Å². The minimum absolute atomic E-state index is 0.0787. The molecule has 0 heterocycles. The number of hydrogen-bond donors (Lipinski definition) is 0. The summed E-state index contributed by atoms with van der Waals surface area (Å²) in [5.74, 6) is 0.181. The molecule has 0 rings (SSSR count). The first-order chi connectivity index (χ1) is 4.70. The number of ketones is 1. The van der Waals surface area contributed by atoms with Crippen LogP contribution in [0.15, 0.2) is 0 Å². The number of rotatable bonds is 5. The molecular weight excluding hydrogens is 128 g/mol. The van der Waals surface area contributed by atoms with Gasteiger partial charge in [0.2, 0.25) is 0 Å². The van der Waals surface area contributed by atoms with E-state index in [-0.39, 0.29) is 11.9 Å². The van der Waals surface area contributed by atoms with Crippen LogP contribution in [-0.4, -0.2) is 19.0 Å². The van der Waals surface area contributed by atoms with E-state index in [2.05, 4.69) is 6.92 Å². The van der Waals surface area contributed by atoms with E-state index in [0.29, 0.717) is 6.42 Å². The van der Waals surface area contributed by atoms with Crippen molar-refractivity contribution in [1.29, 1.82) is 0 Å². The fourth-order valence-corrected chi connectivity index (χ4v) is 0.852. The third kappa shape index (κ3) is 4.50. The molecule has 0 aromatic rings. The molecule has 1 atom stereocenters. The fourth-order valence-electron chi connectivity index (χ4n) is 0.852. The summed E-state index contributed by atoms with van der Waals surface area (Å²) in [6, 6.07) is 0. The van der Waals surface area contributed by atoms with Crippen molar-refractivity contribution in [1.82, 2.24) is 0 Å². The van der Waals surface area contributed by atoms with Gasteiger partial charge in [-0.05, 0) is 13.3 Å². The number of carbonyl (C=O) groups excluding carboxylic acids is 1. The fraction of sp³-hybridized carbons (Fsp3) is 0.750. The van der Waals surface area contributed by atoms with Gasteiger partial charge in [0.05, 0.1) is 6.10 Å². The summed E-state index contributed by atoms with van der Waals surface area (Å²) in [6.45, 7) is 5.27. The maximum absolute atomic E-state index is 10.6. The van der Waals surface area contributed by atoms with Crippen LogP contribution in [0, 0.1) is 6.92 Å². The van der Waals surface area contributed by atoms with Gasteiger partial charge in [-0.1, -0.05) is 13.3 Å². The summed E-state index contributed by atoms with van der Waals surface area (Å²) in [7, 11) is 1.63. The molecule has 0 aromatic carbocycles. The number of hydrogen-bond acceptors (Lipinski definition) is 2. The van der Waals surface area contributed by atoms with Gasteiger partial charge < -0.3 is 4.74 Å². The molecule has 10 heavy (non-hydrogen) atoms. The Hall–Kier alpha value is -0.370. The second-order valence-electron chi connectivity index (χ2n) is 2.41. The number of Topliss-reactive ketones (excluding diaryl/α,β-unsaturated/α-hetero) is 1. The topological polar surface area (TPSA) is 26.3 Å². The minimum atomic E-state index is 0.0787. The predicted molar refractivity (Wildman–Crippen MR) is 40.7 cm³/mol. The van der Waals surface area contributed by atoms with Crippen LogP contribution in [0.1, 0.15) is 26.2 Å². The molecule has 0 aromatic heterocycles. The molecule has 0 aliphatic rings. The van der Waals surface area contributed by atoms with E-state index in [4.69, 9.17) is 4.74 Å². The quantitative estimate of drug-likeness (QED) is 0.584. The van der Waals surface area contributed by atoms with E-state index in [9.17, 15) is 4.79 Å². The minimum Gasteiger partial charge on any atom is -0.381 e. The third-order valence-electron chi connectivity index (χ3n) is 1.37. The normalized spacial score (nSPS) is 13.1. The monoisotopic (exact) mass is 143 g/mol. The Morgan fingerprint density at radius 1 is 1.70 bits per heavy atom. The van der Waals surface area contributed by atoms with Crippen LogP contribution in [0.4, 0.5) is 0 Å². The van der Waals surface area contributed by atoms with E-state index in [1.807, 2.05) is 0 Å². The molecule has 59 valence electrons. The SMILES string of the molecule is [CH2]CCC(CC(C)=O)OC. The van der Waals surface area contributed by atoms with Gasteiger partial charge in [0.15, 0.2) is 0 Å². The average Bonchev–Trinajstić information content (AvgIpc) is 1.86. The molecule has 1 unspecified atom stereocenters. The van der Waals surface area contributed by atoms with Crippen LogP contribution in [-0.2, 0) is 9.53 Å². The van der Waals surface area contributed by atoms with Gasteiger partial charge in [-0.3, -0.25) is 4.79 Å². The number of carbonyl (C=O) groups is 1. The first-order valence-corrected chi connectivity index (χ1v) is 3.52. The smallest absolute Gasteiger partial charge is 0.132 e. The van der Waals surface area contributed by atoms with Crippen LogP contribution < -0.4 is 0 Å². The van der Waals surface area contributed by atoms with Crippen molar-refractivity contribution in [2.24, 2.45) is 0 Å². The Bertz CT molecular complexity index is 99.4. The highest BCUT2D eigenvalue weighted by Gasteiger charge is 2.07. The molecule has 2 heteroatoms. The lowest BCUT2D eigenvalue weighted by atomic mass is 10.1. The Labute approximate surface area is 62.6 Å². The highest BCUT2D eigenvalue weighted by Crippen LogP contribution is 2.05. The van der Waals surface area contributed by atoms with Gasteiger partial charge in [-0.25, -0.2) is 0 Å². The van der Waals surface area contributed by atoms with Crippen LogP contribution in [0.2, 0.25) is 0 Å². The van der Waals surface area contributed by atoms with E-state index in [0.717, 1.165) is 12.8 Å². The lowest BCUT2D eigenvalue weighted by molar-refractivity contribution is -0.119. The van der Waals surface area contributed by atoms with E-state index in [1.165, 1.54) is 0 Å². The molecule has 0 aliphatic carbocycles. The number of ether oxygens (including phenoxy) is 1.